The lowest BCUT2D eigenvalue weighted by Crippen LogP contribution is -2.17. The topological polar surface area (TPSA) is 66.5 Å². The maximum absolute atomic E-state index is 4.51. The Morgan fingerprint density at radius 2 is 2.38 bits per heavy atom. The van der Waals surface area contributed by atoms with E-state index < -0.39 is 0 Å². The molecule has 5 nitrogen and oxygen atoms in total. The molecule has 2 aromatic rings. The first kappa shape index (κ1) is 11.2. The Bertz CT molecular complexity index is 448. The molecule has 0 aliphatic heterocycles. The first-order valence-corrected chi connectivity index (χ1v) is 6.11. The molecular weight excluding hydrogens is 222 g/mol. The van der Waals surface area contributed by atoms with Crippen LogP contribution in [0.2, 0.25) is 0 Å². The molecule has 2 aromatic heterocycles. The second kappa shape index (κ2) is 4.71. The van der Waals surface area contributed by atoms with Gasteiger partial charge in [-0.2, -0.15) is 15.4 Å². The molecule has 0 bridgehead atoms. The Morgan fingerprint density at radius 1 is 1.56 bits per heavy atom. The number of aromatic nitrogens is 4. The minimum atomic E-state index is 0.336. The van der Waals surface area contributed by atoms with Gasteiger partial charge in [0.1, 0.15) is 10.7 Å². The number of aryl methyl sites for hydroxylation is 1. The number of aromatic amines is 1. The summed E-state index contributed by atoms with van der Waals surface area (Å²) < 4.78 is 0. The van der Waals surface area contributed by atoms with E-state index in [1.807, 2.05) is 6.92 Å². The maximum Gasteiger partial charge on any atom is 0.145 e. The highest BCUT2D eigenvalue weighted by atomic mass is 32.1. The zero-order valence-corrected chi connectivity index (χ0v) is 10.4. The quantitative estimate of drug-likeness (QED) is 0.852. The second-order valence-corrected chi connectivity index (χ2v) is 4.63. The molecule has 0 saturated heterocycles. The van der Waals surface area contributed by atoms with Gasteiger partial charge in [-0.05, 0) is 20.4 Å². The van der Waals surface area contributed by atoms with Crippen molar-refractivity contribution >= 4 is 11.3 Å². The van der Waals surface area contributed by atoms with Crippen molar-refractivity contribution in [3.8, 4) is 10.7 Å². The Balaban J connectivity index is 2.28. The van der Waals surface area contributed by atoms with Crippen LogP contribution in [0.15, 0.2) is 6.20 Å². The molecule has 0 spiro atoms. The summed E-state index contributed by atoms with van der Waals surface area (Å²) in [6.45, 7) is 7.24. The van der Waals surface area contributed by atoms with Crippen LogP contribution >= 0.6 is 11.3 Å². The molecule has 0 fully saturated rings. The van der Waals surface area contributed by atoms with E-state index in [-0.39, 0.29) is 0 Å². The van der Waals surface area contributed by atoms with Crippen molar-refractivity contribution in [3.05, 3.63) is 16.8 Å². The maximum atomic E-state index is 4.51. The molecule has 2 rings (SSSR count). The predicted octanol–water partition coefficient (Wildman–Crippen LogP) is 1.91. The van der Waals surface area contributed by atoms with Gasteiger partial charge in [0.25, 0.3) is 0 Å². The number of thiazole rings is 1. The van der Waals surface area contributed by atoms with Gasteiger partial charge in [-0.15, -0.1) is 11.3 Å². The first-order valence-electron chi connectivity index (χ1n) is 5.29. The molecular formula is C10H15N5S. The van der Waals surface area contributed by atoms with Gasteiger partial charge >= 0.3 is 0 Å². The van der Waals surface area contributed by atoms with Gasteiger partial charge in [-0.3, -0.25) is 0 Å². The molecule has 1 atom stereocenters. The molecule has 0 aliphatic carbocycles. The van der Waals surface area contributed by atoms with E-state index >= 15 is 0 Å². The number of nitrogens with one attached hydrogen (secondary N) is 2. The normalized spacial score (nSPS) is 12.9. The zero-order chi connectivity index (χ0) is 11.5. The molecule has 2 N–H and O–H groups in total. The van der Waals surface area contributed by atoms with Crippen LogP contribution in [-0.4, -0.2) is 26.9 Å². The van der Waals surface area contributed by atoms with Gasteiger partial charge in [0, 0.05) is 10.9 Å². The van der Waals surface area contributed by atoms with Crippen molar-refractivity contribution in [1.29, 1.82) is 0 Å². The SMILES string of the molecule is CCNC(C)c1sc(-c2cn[nH]n2)nc1C. The molecule has 0 saturated carbocycles. The molecule has 0 aromatic carbocycles. The molecule has 0 amide bonds. The molecule has 0 aliphatic rings. The molecule has 0 radical (unpaired) electrons. The van der Waals surface area contributed by atoms with Crippen LogP contribution < -0.4 is 5.32 Å². The molecule has 1 unspecified atom stereocenters. The third-order valence-corrected chi connectivity index (χ3v) is 3.73. The highest BCUT2D eigenvalue weighted by molar-refractivity contribution is 7.15. The number of nitrogens with zero attached hydrogens (tertiary/aromatic N) is 3. The smallest absolute Gasteiger partial charge is 0.145 e. The van der Waals surface area contributed by atoms with Crippen LogP contribution in [0.25, 0.3) is 10.7 Å². The van der Waals surface area contributed by atoms with E-state index in [0.717, 1.165) is 22.9 Å². The lowest BCUT2D eigenvalue weighted by Gasteiger charge is -2.09. The van der Waals surface area contributed by atoms with Crippen LogP contribution in [0.4, 0.5) is 0 Å². The minimum Gasteiger partial charge on any atom is -0.310 e. The van der Waals surface area contributed by atoms with Crippen LogP contribution in [0.5, 0.6) is 0 Å². The van der Waals surface area contributed by atoms with Gasteiger partial charge in [0.05, 0.1) is 11.9 Å². The third-order valence-electron chi connectivity index (χ3n) is 2.37. The van der Waals surface area contributed by atoms with Crippen molar-refractivity contribution in [2.24, 2.45) is 0 Å². The highest BCUT2D eigenvalue weighted by Gasteiger charge is 2.15. The van der Waals surface area contributed by atoms with Crippen molar-refractivity contribution in [2.75, 3.05) is 6.54 Å². The number of hydrogen-bond acceptors (Lipinski definition) is 5. The zero-order valence-electron chi connectivity index (χ0n) is 9.61. The minimum absolute atomic E-state index is 0.336. The standard InChI is InChI=1S/C10H15N5S/c1-4-11-6(2)9-7(3)13-10(16-9)8-5-12-15-14-8/h5-6,11H,4H2,1-3H3,(H,12,14,15). The summed E-state index contributed by atoms with van der Waals surface area (Å²) >= 11 is 1.67. The summed E-state index contributed by atoms with van der Waals surface area (Å²) in [4.78, 5) is 5.78. The van der Waals surface area contributed by atoms with E-state index in [1.54, 1.807) is 17.5 Å². The average molecular weight is 237 g/mol. The number of hydrogen-bond donors (Lipinski definition) is 2. The molecule has 86 valence electrons. The fraction of sp³-hybridized carbons (Fsp3) is 0.500. The summed E-state index contributed by atoms with van der Waals surface area (Å²) in [5.41, 5.74) is 1.87. The van der Waals surface area contributed by atoms with E-state index in [0.29, 0.717) is 6.04 Å². The number of rotatable bonds is 4. The van der Waals surface area contributed by atoms with Crippen molar-refractivity contribution in [2.45, 2.75) is 26.8 Å². The van der Waals surface area contributed by atoms with Gasteiger partial charge in [-0.1, -0.05) is 6.92 Å². The van der Waals surface area contributed by atoms with E-state index in [2.05, 4.69) is 39.6 Å². The Hall–Kier alpha value is -1.27. The monoisotopic (exact) mass is 237 g/mol. The van der Waals surface area contributed by atoms with Gasteiger partial charge in [0.15, 0.2) is 0 Å². The van der Waals surface area contributed by atoms with Crippen LogP contribution in [0, 0.1) is 6.92 Å². The first-order chi connectivity index (χ1) is 7.72. The summed E-state index contributed by atoms with van der Waals surface area (Å²) in [6, 6.07) is 0.336. The summed E-state index contributed by atoms with van der Waals surface area (Å²) in [6.07, 6.45) is 1.69. The molecule has 6 heteroatoms. The summed E-state index contributed by atoms with van der Waals surface area (Å²) in [7, 11) is 0. The van der Waals surface area contributed by atoms with Gasteiger partial charge in [-0.25, -0.2) is 4.98 Å². The van der Waals surface area contributed by atoms with E-state index in [4.69, 9.17) is 0 Å². The fourth-order valence-corrected chi connectivity index (χ4v) is 2.67. The lowest BCUT2D eigenvalue weighted by molar-refractivity contribution is 0.603. The summed E-state index contributed by atoms with van der Waals surface area (Å²) in [5, 5.41) is 14.7. The Kier molecular flexibility index (Phi) is 3.31. The predicted molar refractivity (Wildman–Crippen MR) is 64.3 cm³/mol. The fourth-order valence-electron chi connectivity index (χ4n) is 1.62. The summed E-state index contributed by atoms with van der Waals surface area (Å²) in [5.74, 6) is 0. The van der Waals surface area contributed by atoms with Crippen molar-refractivity contribution in [1.82, 2.24) is 25.7 Å². The average Bonchev–Trinajstić information content (AvgIpc) is 2.86. The number of H-pyrrole nitrogens is 1. The Morgan fingerprint density at radius 3 is 3.00 bits per heavy atom. The highest BCUT2D eigenvalue weighted by Crippen LogP contribution is 2.30. The molecule has 16 heavy (non-hydrogen) atoms. The lowest BCUT2D eigenvalue weighted by atomic mass is 10.2. The van der Waals surface area contributed by atoms with Crippen LogP contribution in [0.1, 0.15) is 30.5 Å². The largest absolute Gasteiger partial charge is 0.310 e. The third kappa shape index (κ3) is 2.12. The van der Waals surface area contributed by atoms with Crippen LogP contribution in [0.3, 0.4) is 0 Å². The van der Waals surface area contributed by atoms with E-state index in [9.17, 15) is 0 Å². The van der Waals surface area contributed by atoms with Crippen molar-refractivity contribution < 1.29 is 0 Å². The van der Waals surface area contributed by atoms with Gasteiger partial charge in [0.2, 0.25) is 0 Å². The van der Waals surface area contributed by atoms with Crippen LogP contribution in [-0.2, 0) is 0 Å². The second-order valence-electron chi connectivity index (χ2n) is 3.60. The van der Waals surface area contributed by atoms with Crippen molar-refractivity contribution in [3.63, 3.8) is 0 Å². The van der Waals surface area contributed by atoms with E-state index in [1.165, 1.54) is 4.88 Å². The Labute approximate surface area is 98.3 Å². The van der Waals surface area contributed by atoms with Gasteiger partial charge < -0.3 is 5.32 Å². The molecule has 2 heterocycles.